The summed E-state index contributed by atoms with van der Waals surface area (Å²) in [6.07, 6.45) is 20.8. The van der Waals surface area contributed by atoms with Gasteiger partial charge in [0.25, 0.3) is 0 Å². The van der Waals surface area contributed by atoms with Gasteiger partial charge in [-0.25, -0.2) is 0 Å². The van der Waals surface area contributed by atoms with Crippen LogP contribution in [0.5, 0.6) is 0 Å². The molecule has 0 heterocycles. The standard InChI is InChI=1S/C18H37BrO/c1-2-3-4-5-6-7-8-9-10-11-12-13-14-15-16-18(19)17-20/h18,20H,2-17H2,1H3. The molecule has 0 amide bonds. The molecule has 20 heavy (non-hydrogen) atoms. The van der Waals surface area contributed by atoms with E-state index < -0.39 is 0 Å². The summed E-state index contributed by atoms with van der Waals surface area (Å²) in [7, 11) is 0. The van der Waals surface area contributed by atoms with E-state index in [1.165, 1.54) is 89.9 Å². The topological polar surface area (TPSA) is 20.2 Å². The molecule has 122 valence electrons. The molecule has 0 aliphatic rings. The van der Waals surface area contributed by atoms with Gasteiger partial charge in [0.1, 0.15) is 0 Å². The Hall–Kier alpha value is 0.440. The first-order chi connectivity index (χ1) is 9.81. The number of hydrogen-bond donors (Lipinski definition) is 1. The van der Waals surface area contributed by atoms with Gasteiger partial charge in [0.05, 0.1) is 6.61 Å². The fourth-order valence-corrected chi connectivity index (χ4v) is 2.98. The molecule has 0 aromatic carbocycles. The maximum Gasteiger partial charge on any atom is 0.0556 e. The molecule has 0 saturated heterocycles. The van der Waals surface area contributed by atoms with Crippen LogP contribution in [0.15, 0.2) is 0 Å². The van der Waals surface area contributed by atoms with Crippen LogP contribution in [-0.4, -0.2) is 16.5 Å². The molecule has 0 aromatic heterocycles. The van der Waals surface area contributed by atoms with Crippen molar-refractivity contribution in [1.29, 1.82) is 0 Å². The zero-order valence-corrected chi connectivity index (χ0v) is 15.3. The minimum atomic E-state index is 0.276. The van der Waals surface area contributed by atoms with E-state index in [1.54, 1.807) is 0 Å². The summed E-state index contributed by atoms with van der Waals surface area (Å²) >= 11 is 3.46. The van der Waals surface area contributed by atoms with E-state index in [2.05, 4.69) is 22.9 Å². The number of aliphatic hydroxyl groups excluding tert-OH is 1. The third-order valence-electron chi connectivity index (χ3n) is 4.07. The van der Waals surface area contributed by atoms with Crippen molar-refractivity contribution in [2.24, 2.45) is 0 Å². The van der Waals surface area contributed by atoms with Crippen LogP contribution in [0.3, 0.4) is 0 Å². The molecule has 1 N–H and O–H groups in total. The molecule has 0 saturated carbocycles. The van der Waals surface area contributed by atoms with Crippen molar-refractivity contribution in [2.75, 3.05) is 6.61 Å². The Balaban J connectivity index is 2.96. The second-order valence-corrected chi connectivity index (χ2v) is 7.46. The summed E-state index contributed by atoms with van der Waals surface area (Å²) in [4.78, 5) is 0.319. The summed E-state index contributed by atoms with van der Waals surface area (Å²) in [6.45, 7) is 2.56. The van der Waals surface area contributed by atoms with Gasteiger partial charge in [-0.3, -0.25) is 0 Å². The second kappa shape index (κ2) is 17.5. The lowest BCUT2D eigenvalue weighted by Gasteiger charge is -2.05. The fraction of sp³-hybridized carbons (Fsp3) is 1.00. The molecule has 0 radical (unpaired) electrons. The van der Waals surface area contributed by atoms with Crippen molar-refractivity contribution >= 4 is 15.9 Å². The maximum absolute atomic E-state index is 8.89. The van der Waals surface area contributed by atoms with Crippen LogP contribution in [0.2, 0.25) is 0 Å². The lowest BCUT2D eigenvalue weighted by Crippen LogP contribution is -2.02. The average molecular weight is 349 g/mol. The van der Waals surface area contributed by atoms with E-state index in [-0.39, 0.29) is 6.61 Å². The van der Waals surface area contributed by atoms with Crippen LogP contribution >= 0.6 is 15.9 Å². The molecule has 2 heteroatoms. The third kappa shape index (κ3) is 16.5. The van der Waals surface area contributed by atoms with Crippen molar-refractivity contribution in [1.82, 2.24) is 0 Å². The maximum atomic E-state index is 8.89. The average Bonchev–Trinajstić information content (AvgIpc) is 2.47. The number of rotatable bonds is 16. The molecule has 0 aromatic rings. The van der Waals surface area contributed by atoms with E-state index in [1.807, 2.05) is 0 Å². The van der Waals surface area contributed by atoms with Gasteiger partial charge in [0, 0.05) is 4.83 Å². The number of halogens is 1. The zero-order chi connectivity index (χ0) is 14.9. The van der Waals surface area contributed by atoms with Crippen molar-refractivity contribution in [3.8, 4) is 0 Å². The van der Waals surface area contributed by atoms with Gasteiger partial charge >= 0.3 is 0 Å². The van der Waals surface area contributed by atoms with Crippen LogP contribution < -0.4 is 0 Å². The Labute approximate surface area is 136 Å². The van der Waals surface area contributed by atoms with E-state index in [0.29, 0.717) is 4.83 Å². The predicted octanol–water partition coefficient (Wildman–Crippen LogP) is 6.61. The highest BCUT2D eigenvalue weighted by molar-refractivity contribution is 9.09. The SMILES string of the molecule is CCCCCCCCCCCCCCCCC(Br)CO. The minimum absolute atomic E-state index is 0.276. The lowest BCUT2D eigenvalue weighted by molar-refractivity contribution is 0.290. The van der Waals surface area contributed by atoms with Gasteiger partial charge in [-0.1, -0.05) is 113 Å². The molecule has 0 aliphatic heterocycles. The van der Waals surface area contributed by atoms with Crippen LogP contribution in [0.25, 0.3) is 0 Å². The Morgan fingerprint density at radius 1 is 0.650 bits per heavy atom. The van der Waals surface area contributed by atoms with E-state index in [4.69, 9.17) is 5.11 Å². The second-order valence-electron chi connectivity index (χ2n) is 6.16. The van der Waals surface area contributed by atoms with Crippen molar-refractivity contribution in [3.05, 3.63) is 0 Å². The summed E-state index contributed by atoms with van der Waals surface area (Å²) in [5.41, 5.74) is 0. The Bertz CT molecular complexity index is 173. The fourth-order valence-electron chi connectivity index (χ4n) is 2.65. The van der Waals surface area contributed by atoms with E-state index in [0.717, 1.165) is 6.42 Å². The number of alkyl halides is 1. The molecule has 0 bridgehead atoms. The Morgan fingerprint density at radius 3 is 1.35 bits per heavy atom. The summed E-state index contributed by atoms with van der Waals surface area (Å²) in [5.74, 6) is 0. The third-order valence-corrected chi connectivity index (χ3v) is 4.82. The first kappa shape index (κ1) is 20.4. The monoisotopic (exact) mass is 348 g/mol. The highest BCUT2D eigenvalue weighted by Gasteiger charge is 2.00. The minimum Gasteiger partial charge on any atom is -0.395 e. The predicted molar refractivity (Wildman–Crippen MR) is 94.7 cm³/mol. The number of aliphatic hydroxyl groups is 1. The van der Waals surface area contributed by atoms with E-state index in [9.17, 15) is 0 Å². The molecule has 0 spiro atoms. The van der Waals surface area contributed by atoms with Crippen LogP contribution in [0, 0.1) is 0 Å². The number of hydrogen-bond acceptors (Lipinski definition) is 1. The summed E-state index contributed by atoms with van der Waals surface area (Å²) < 4.78 is 0. The summed E-state index contributed by atoms with van der Waals surface area (Å²) in [5, 5.41) is 8.89. The highest BCUT2D eigenvalue weighted by Crippen LogP contribution is 2.15. The molecule has 1 unspecified atom stereocenters. The van der Waals surface area contributed by atoms with Gasteiger partial charge in [-0.2, -0.15) is 0 Å². The summed E-state index contributed by atoms with van der Waals surface area (Å²) in [6, 6.07) is 0. The molecule has 1 nitrogen and oxygen atoms in total. The molecule has 0 rings (SSSR count). The Kier molecular flexibility index (Phi) is 17.9. The van der Waals surface area contributed by atoms with Crippen molar-refractivity contribution in [2.45, 2.75) is 108 Å². The van der Waals surface area contributed by atoms with Crippen LogP contribution in [0.1, 0.15) is 103 Å². The van der Waals surface area contributed by atoms with Gasteiger partial charge < -0.3 is 5.11 Å². The molecule has 1 atom stereocenters. The molecular weight excluding hydrogens is 312 g/mol. The van der Waals surface area contributed by atoms with Crippen LogP contribution in [0.4, 0.5) is 0 Å². The van der Waals surface area contributed by atoms with Crippen LogP contribution in [-0.2, 0) is 0 Å². The van der Waals surface area contributed by atoms with Crippen molar-refractivity contribution < 1.29 is 5.11 Å². The van der Waals surface area contributed by atoms with Gasteiger partial charge in [0.15, 0.2) is 0 Å². The van der Waals surface area contributed by atoms with E-state index >= 15 is 0 Å². The van der Waals surface area contributed by atoms with Gasteiger partial charge in [-0.05, 0) is 6.42 Å². The normalized spacial score (nSPS) is 12.8. The van der Waals surface area contributed by atoms with Gasteiger partial charge in [0.2, 0.25) is 0 Å². The molecule has 0 fully saturated rings. The quantitative estimate of drug-likeness (QED) is 0.245. The first-order valence-electron chi connectivity index (χ1n) is 9.06. The Morgan fingerprint density at radius 2 is 1.00 bits per heavy atom. The van der Waals surface area contributed by atoms with Crippen molar-refractivity contribution in [3.63, 3.8) is 0 Å². The first-order valence-corrected chi connectivity index (χ1v) is 9.97. The molecular formula is C18H37BrO. The number of unbranched alkanes of at least 4 members (excludes halogenated alkanes) is 13. The molecule has 0 aliphatic carbocycles. The highest BCUT2D eigenvalue weighted by atomic mass is 79.9. The largest absolute Gasteiger partial charge is 0.395 e. The van der Waals surface area contributed by atoms with Gasteiger partial charge in [-0.15, -0.1) is 0 Å². The smallest absolute Gasteiger partial charge is 0.0556 e. The zero-order valence-electron chi connectivity index (χ0n) is 13.7. The lowest BCUT2D eigenvalue weighted by atomic mass is 10.0.